The summed E-state index contributed by atoms with van der Waals surface area (Å²) in [6, 6.07) is 7.40. The number of ether oxygens (including phenoxy) is 1. The fourth-order valence-corrected chi connectivity index (χ4v) is 5.50. The molecule has 0 aliphatic carbocycles. The highest BCUT2D eigenvalue weighted by molar-refractivity contribution is 7.22. The number of fused-ring (bicyclic) bond motifs is 1. The Kier molecular flexibility index (Phi) is 6.58. The summed E-state index contributed by atoms with van der Waals surface area (Å²) < 4.78 is 9.49. The fraction of sp³-hybridized carbons (Fsp3) is 0.250. The SMILES string of the molecule is CCOc1cccc2sc(N(CCCn3ccnc3)C(=O)c3cc(Cl)sc3Cl)nc12. The molecule has 0 fully saturated rings. The van der Waals surface area contributed by atoms with Crippen molar-refractivity contribution in [1.29, 1.82) is 0 Å². The Morgan fingerprint density at radius 1 is 1.30 bits per heavy atom. The zero-order valence-corrected chi connectivity index (χ0v) is 19.2. The summed E-state index contributed by atoms with van der Waals surface area (Å²) in [6.07, 6.45) is 6.12. The van der Waals surface area contributed by atoms with E-state index in [9.17, 15) is 4.79 Å². The average molecular weight is 481 g/mol. The molecule has 4 aromatic rings. The van der Waals surface area contributed by atoms with Crippen molar-refractivity contribution in [2.75, 3.05) is 18.1 Å². The van der Waals surface area contributed by atoms with Gasteiger partial charge in [-0.3, -0.25) is 9.69 Å². The Morgan fingerprint density at radius 2 is 2.17 bits per heavy atom. The molecule has 1 amide bonds. The van der Waals surface area contributed by atoms with E-state index < -0.39 is 0 Å². The van der Waals surface area contributed by atoms with Gasteiger partial charge in [0.15, 0.2) is 5.13 Å². The maximum atomic E-state index is 13.4. The normalized spacial score (nSPS) is 11.2. The Labute approximate surface area is 191 Å². The number of thiophene rings is 1. The van der Waals surface area contributed by atoms with Crippen molar-refractivity contribution < 1.29 is 9.53 Å². The number of aromatic nitrogens is 3. The molecule has 0 aliphatic heterocycles. The van der Waals surface area contributed by atoms with Crippen LogP contribution in [0.25, 0.3) is 10.2 Å². The molecule has 4 rings (SSSR count). The number of aryl methyl sites for hydroxylation is 1. The van der Waals surface area contributed by atoms with Crippen molar-refractivity contribution >= 4 is 67.1 Å². The number of imidazole rings is 1. The molecule has 0 bridgehead atoms. The Bertz CT molecular complexity index is 1160. The van der Waals surface area contributed by atoms with Crippen molar-refractivity contribution in [3.63, 3.8) is 0 Å². The third-order valence-electron chi connectivity index (χ3n) is 4.39. The van der Waals surface area contributed by atoms with Crippen LogP contribution in [0.1, 0.15) is 23.7 Å². The number of carbonyl (C=O) groups excluding carboxylic acids is 1. The van der Waals surface area contributed by atoms with Gasteiger partial charge >= 0.3 is 0 Å². The number of nitrogens with zero attached hydrogens (tertiary/aromatic N) is 4. The molecule has 0 N–H and O–H groups in total. The van der Waals surface area contributed by atoms with E-state index in [0.29, 0.717) is 38.3 Å². The van der Waals surface area contributed by atoms with Crippen LogP contribution in [-0.4, -0.2) is 33.6 Å². The van der Waals surface area contributed by atoms with Crippen molar-refractivity contribution in [2.45, 2.75) is 19.9 Å². The van der Waals surface area contributed by atoms with Crippen LogP contribution >= 0.6 is 45.9 Å². The lowest BCUT2D eigenvalue weighted by Gasteiger charge is -2.19. The van der Waals surface area contributed by atoms with Gasteiger partial charge in [-0.1, -0.05) is 40.6 Å². The number of thiazole rings is 1. The Balaban J connectivity index is 1.67. The quantitative estimate of drug-likeness (QED) is 0.310. The summed E-state index contributed by atoms with van der Waals surface area (Å²) >= 11 is 15.0. The van der Waals surface area contributed by atoms with Gasteiger partial charge in [-0.15, -0.1) is 11.3 Å². The molecule has 3 heterocycles. The standard InChI is InChI=1S/C20H18Cl2N4O2S2/c1-2-28-14-5-3-6-15-17(14)24-20(29-15)26(9-4-8-25-10-7-23-12-25)19(27)13-11-16(21)30-18(13)22/h3,5-7,10-12H,2,4,8-9H2,1H3. The smallest absolute Gasteiger partial charge is 0.262 e. The lowest BCUT2D eigenvalue weighted by molar-refractivity contribution is 0.0987. The molecular weight excluding hydrogens is 463 g/mol. The summed E-state index contributed by atoms with van der Waals surface area (Å²) in [5.41, 5.74) is 1.14. The molecule has 0 spiro atoms. The zero-order valence-electron chi connectivity index (χ0n) is 16.0. The van der Waals surface area contributed by atoms with Gasteiger partial charge in [-0.25, -0.2) is 9.97 Å². The molecule has 0 radical (unpaired) electrons. The maximum absolute atomic E-state index is 13.4. The van der Waals surface area contributed by atoms with E-state index >= 15 is 0 Å². The van der Waals surface area contributed by atoms with Crippen LogP contribution in [0.4, 0.5) is 5.13 Å². The van der Waals surface area contributed by atoms with E-state index in [1.54, 1.807) is 23.5 Å². The predicted octanol–water partition coefficient (Wildman–Crippen LogP) is 6.00. The molecule has 30 heavy (non-hydrogen) atoms. The molecule has 0 saturated heterocycles. The van der Waals surface area contributed by atoms with Gasteiger partial charge in [0.1, 0.15) is 15.6 Å². The number of benzene rings is 1. The minimum atomic E-state index is -0.217. The molecule has 0 unspecified atom stereocenters. The average Bonchev–Trinajstić information content (AvgIpc) is 3.45. The van der Waals surface area contributed by atoms with Crippen LogP contribution in [0.2, 0.25) is 8.67 Å². The topological polar surface area (TPSA) is 60.2 Å². The molecule has 10 heteroatoms. The summed E-state index contributed by atoms with van der Waals surface area (Å²) in [5, 5.41) is 0.603. The van der Waals surface area contributed by atoms with E-state index in [1.165, 1.54) is 22.7 Å². The first-order valence-corrected chi connectivity index (χ1v) is 11.7. The monoisotopic (exact) mass is 480 g/mol. The molecule has 6 nitrogen and oxygen atoms in total. The number of rotatable bonds is 8. The van der Waals surface area contributed by atoms with Crippen molar-refractivity contribution in [1.82, 2.24) is 14.5 Å². The number of hydrogen-bond donors (Lipinski definition) is 0. The second-order valence-corrected chi connectivity index (χ2v) is 9.68. The van der Waals surface area contributed by atoms with E-state index in [0.717, 1.165) is 23.2 Å². The third-order valence-corrected chi connectivity index (χ3v) is 6.92. The van der Waals surface area contributed by atoms with E-state index in [2.05, 4.69) is 4.98 Å². The van der Waals surface area contributed by atoms with Crippen LogP contribution in [-0.2, 0) is 6.54 Å². The van der Waals surface area contributed by atoms with Crippen LogP contribution < -0.4 is 9.64 Å². The molecule has 0 aliphatic rings. The second kappa shape index (κ2) is 9.34. The maximum Gasteiger partial charge on any atom is 0.262 e. The Hall–Kier alpha value is -2.13. The van der Waals surface area contributed by atoms with Gasteiger partial charge in [0.25, 0.3) is 5.91 Å². The predicted molar refractivity (Wildman–Crippen MR) is 124 cm³/mol. The highest BCUT2D eigenvalue weighted by Gasteiger charge is 2.25. The number of halogens is 2. The van der Waals surface area contributed by atoms with Crippen LogP contribution in [0.3, 0.4) is 0 Å². The summed E-state index contributed by atoms with van der Waals surface area (Å²) in [6.45, 7) is 3.69. The van der Waals surface area contributed by atoms with Gasteiger partial charge in [-0.05, 0) is 31.5 Å². The highest BCUT2D eigenvalue weighted by Crippen LogP contribution is 2.37. The molecule has 0 atom stereocenters. The second-order valence-electron chi connectivity index (χ2n) is 6.38. The molecule has 156 valence electrons. The van der Waals surface area contributed by atoms with Gasteiger partial charge in [0.05, 0.1) is 27.5 Å². The van der Waals surface area contributed by atoms with E-state index in [-0.39, 0.29) is 5.91 Å². The van der Waals surface area contributed by atoms with Gasteiger partial charge in [-0.2, -0.15) is 0 Å². The van der Waals surface area contributed by atoms with Gasteiger partial charge in [0, 0.05) is 25.5 Å². The van der Waals surface area contributed by atoms with Crippen molar-refractivity contribution in [3.05, 3.63) is 57.2 Å². The lowest BCUT2D eigenvalue weighted by atomic mass is 10.3. The first-order valence-electron chi connectivity index (χ1n) is 9.31. The van der Waals surface area contributed by atoms with Crippen LogP contribution in [0, 0.1) is 0 Å². The molecule has 0 saturated carbocycles. The van der Waals surface area contributed by atoms with Crippen LogP contribution in [0.15, 0.2) is 43.0 Å². The first-order chi connectivity index (χ1) is 14.6. The lowest BCUT2D eigenvalue weighted by Crippen LogP contribution is -2.32. The zero-order chi connectivity index (χ0) is 21.1. The fourth-order valence-electron chi connectivity index (χ4n) is 3.04. The largest absolute Gasteiger partial charge is 0.492 e. The number of carbonyl (C=O) groups is 1. The van der Waals surface area contributed by atoms with E-state index in [4.69, 9.17) is 32.9 Å². The Morgan fingerprint density at radius 3 is 2.87 bits per heavy atom. The summed E-state index contributed by atoms with van der Waals surface area (Å²) in [4.78, 5) is 23.8. The van der Waals surface area contributed by atoms with Gasteiger partial charge < -0.3 is 9.30 Å². The number of hydrogen-bond acceptors (Lipinski definition) is 6. The first kappa shape index (κ1) is 21.1. The number of anilines is 1. The molecule has 1 aromatic carbocycles. The van der Waals surface area contributed by atoms with Gasteiger partial charge in [0.2, 0.25) is 0 Å². The number of amides is 1. The summed E-state index contributed by atoms with van der Waals surface area (Å²) in [5.74, 6) is 0.491. The minimum Gasteiger partial charge on any atom is -0.492 e. The molecule has 3 aromatic heterocycles. The van der Waals surface area contributed by atoms with Crippen LogP contribution in [0.5, 0.6) is 5.75 Å². The van der Waals surface area contributed by atoms with Crippen molar-refractivity contribution in [2.24, 2.45) is 0 Å². The van der Waals surface area contributed by atoms with E-state index in [1.807, 2.05) is 35.9 Å². The third kappa shape index (κ3) is 4.46. The summed E-state index contributed by atoms with van der Waals surface area (Å²) in [7, 11) is 0. The number of para-hydroxylation sites is 1. The van der Waals surface area contributed by atoms with Crippen molar-refractivity contribution in [3.8, 4) is 5.75 Å². The molecular formula is C20H18Cl2N4O2S2. The highest BCUT2D eigenvalue weighted by atomic mass is 35.5. The minimum absolute atomic E-state index is 0.217.